The Hall–Kier alpha value is -0.120. The molecule has 0 aromatic carbocycles. The zero-order chi connectivity index (χ0) is 12.4. The molecule has 18 heavy (non-hydrogen) atoms. The molecule has 3 nitrogen and oxygen atoms in total. The fourth-order valence-corrected chi connectivity index (χ4v) is 4.07. The Morgan fingerprint density at radius 3 is 2.61 bits per heavy atom. The second-order valence-corrected chi connectivity index (χ2v) is 6.44. The summed E-state index contributed by atoms with van der Waals surface area (Å²) < 4.78 is 5.53. The monoisotopic (exact) mass is 252 g/mol. The Labute approximate surface area is 111 Å². The van der Waals surface area contributed by atoms with Crippen molar-refractivity contribution in [3.63, 3.8) is 0 Å². The fourth-order valence-electron chi connectivity index (χ4n) is 4.07. The van der Waals surface area contributed by atoms with E-state index < -0.39 is 0 Å². The SMILES string of the molecule is CC(C1CCOC1)N1CCC(C2CCCN2)CC1. The number of rotatable bonds is 3. The van der Waals surface area contributed by atoms with Crippen LogP contribution in [0.2, 0.25) is 0 Å². The average Bonchev–Trinajstić information content (AvgIpc) is 3.11. The summed E-state index contributed by atoms with van der Waals surface area (Å²) in [6.45, 7) is 8.25. The van der Waals surface area contributed by atoms with Gasteiger partial charge in [0, 0.05) is 18.7 Å². The third-order valence-electron chi connectivity index (χ3n) is 5.46. The zero-order valence-corrected chi connectivity index (χ0v) is 11.7. The minimum absolute atomic E-state index is 0.727. The van der Waals surface area contributed by atoms with Gasteiger partial charge in [0.05, 0.1) is 6.61 Å². The second-order valence-electron chi connectivity index (χ2n) is 6.44. The lowest BCUT2D eigenvalue weighted by Gasteiger charge is -2.39. The first-order valence-electron chi connectivity index (χ1n) is 7.90. The molecule has 3 heterocycles. The quantitative estimate of drug-likeness (QED) is 0.830. The van der Waals surface area contributed by atoms with Crippen molar-refractivity contribution in [2.45, 2.75) is 51.1 Å². The molecule has 0 bridgehead atoms. The fraction of sp³-hybridized carbons (Fsp3) is 1.00. The van der Waals surface area contributed by atoms with E-state index in [0.717, 1.165) is 37.1 Å². The van der Waals surface area contributed by atoms with Crippen LogP contribution in [0.1, 0.15) is 39.0 Å². The highest BCUT2D eigenvalue weighted by Crippen LogP contribution is 2.29. The van der Waals surface area contributed by atoms with Crippen molar-refractivity contribution in [2.75, 3.05) is 32.8 Å². The molecule has 3 fully saturated rings. The molecule has 0 spiro atoms. The van der Waals surface area contributed by atoms with E-state index in [0.29, 0.717) is 0 Å². The molecule has 0 aromatic rings. The van der Waals surface area contributed by atoms with Crippen LogP contribution in [0.4, 0.5) is 0 Å². The minimum atomic E-state index is 0.727. The van der Waals surface area contributed by atoms with Gasteiger partial charge in [-0.05, 0) is 70.5 Å². The first-order chi connectivity index (χ1) is 8.84. The molecule has 1 N–H and O–H groups in total. The van der Waals surface area contributed by atoms with Crippen LogP contribution < -0.4 is 5.32 Å². The Kier molecular flexibility index (Phi) is 4.22. The number of hydrogen-bond acceptors (Lipinski definition) is 3. The van der Waals surface area contributed by atoms with Gasteiger partial charge in [0.15, 0.2) is 0 Å². The number of hydrogen-bond donors (Lipinski definition) is 1. The van der Waals surface area contributed by atoms with Crippen LogP contribution in [0, 0.1) is 11.8 Å². The van der Waals surface area contributed by atoms with E-state index in [4.69, 9.17) is 4.74 Å². The summed E-state index contributed by atoms with van der Waals surface area (Å²) in [6, 6.07) is 1.56. The number of ether oxygens (including phenoxy) is 1. The molecule has 104 valence electrons. The Morgan fingerprint density at radius 1 is 1.17 bits per heavy atom. The van der Waals surface area contributed by atoms with Gasteiger partial charge >= 0.3 is 0 Å². The third kappa shape index (κ3) is 2.73. The van der Waals surface area contributed by atoms with E-state index in [-0.39, 0.29) is 0 Å². The Bertz CT molecular complexity index is 251. The molecule has 3 saturated heterocycles. The summed E-state index contributed by atoms with van der Waals surface area (Å²) in [5, 5.41) is 3.69. The summed E-state index contributed by atoms with van der Waals surface area (Å²) in [5.74, 6) is 1.72. The van der Waals surface area contributed by atoms with Crippen LogP contribution in [0.5, 0.6) is 0 Å². The summed E-state index contributed by atoms with van der Waals surface area (Å²) >= 11 is 0. The molecule has 3 aliphatic heterocycles. The number of nitrogens with zero attached hydrogens (tertiary/aromatic N) is 1. The van der Waals surface area contributed by atoms with Crippen molar-refractivity contribution in [1.82, 2.24) is 10.2 Å². The molecule has 0 amide bonds. The summed E-state index contributed by atoms with van der Waals surface area (Å²) in [6.07, 6.45) is 6.87. The third-order valence-corrected chi connectivity index (χ3v) is 5.46. The van der Waals surface area contributed by atoms with Crippen molar-refractivity contribution < 1.29 is 4.74 Å². The molecule has 3 rings (SSSR count). The minimum Gasteiger partial charge on any atom is -0.381 e. The van der Waals surface area contributed by atoms with Crippen LogP contribution in [0.3, 0.4) is 0 Å². The van der Waals surface area contributed by atoms with Gasteiger partial charge in [-0.15, -0.1) is 0 Å². The molecule has 3 atom stereocenters. The highest BCUT2D eigenvalue weighted by Gasteiger charge is 2.32. The normalized spacial score (nSPS) is 37.2. The van der Waals surface area contributed by atoms with Gasteiger partial charge in [-0.3, -0.25) is 0 Å². The lowest BCUT2D eigenvalue weighted by atomic mass is 9.87. The summed E-state index contributed by atoms with van der Waals surface area (Å²) in [7, 11) is 0. The zero-order valence-electron chi connectivity index (χ0n) is 11.7. The first-order valence-corrected chi connectivity index (χ1v) is 7.90. The van der Waals surface area contributed by atoms with E-state index in [1.807, 2.05) is 0 Å². The first kappa shape index (κ1) is 12.9. The maximum absolute atomic E-state index is 5.53. The van der Waals surface area contributed by atoms with Crippen molar-refractivity contribution in [2.24, 2.45) is 11.8 Å². The lowest BCUT2D eigenvalue weighted by molar-refractivity contribution is 0.0861. The molecule has 0 aromatic heterocycles. The molecule has 3 aliphatic rings. The van der Waals surface area contributed by atoms with Crippen molar-refractivity contribution >= 4 is 0 Å². The summed E-state index contributed by atoms with van der Waals surface area (Å²) in [4.78, 5) is 2.71. The topological polar surface area (TPSA) is 24.5 Å². The smallest absolute Gasteiger partial charge is 0.0509 e. The van der Waals surface area contributed by atoms with Crippen LogP contribution in [-0.4, -0.2) is 49.8 Å². The van der Waals surface area contributed by atoms with Gasteiger partial charge in [-0.1, -0.05) is 0 Å². The van der Waals surface area contributed by atoms with Gasteiger partial charge < -0.3 is 15.0 Å². The summed E-state index contributed by atoms with van der Waals surface area (Å²) in [5.41, 5.74) is 0. The number of piperidine rings is 1. The second kappa shape index (κ2) is 5.89. The van der Waals surface area contributed by atoms with E-state index in [1.54, 1.807) is 0 Å². The van der Waals surface area contributed by atoms with Crippen LogP contribution >= 0.6 is 0 Å². The van der Waals surface area contributed by atoms with Crippen molar-refractivity contribution in [3.05, 3.63) is 0 Å². The van der Waals surface area contributed by atoms with Gasteiger partial charge in [0.1, 0.15) is 0 Å². The standard InChI is InChI=1S/C15H28N2O/c1-12(14-6-10-18-11-14)17-8-4-13(5-9-17)15-3-2-7-16-15/h12-16H,2-11H2,1H3. The van der Waals surface area contributed by atoms with Gasteiger partial charge in [0.25, 0.3) is 0 Å². The van der Waals surface area contributed by atoms with Gasteiger partial charge in [0.2, 0.25) is 0 Å². The van der Waals surface area contributed by atoms with E-state index in [2.05, 4.69) is 17.1 Å². The average molecular weight is 252 g/mol. The van der Waals surface area contributed by atoms with Crippen LogP contribution in [0.15, 0.2) is 0 Å². The van der Waals surface area contributed by atoms with Crippen LogP contribution in [-0.2, 0) is 4.74 Å². The number of nitrogens with one attached hydrogen (secondary N) is 1. The van der Waals surface area contributed by atoms with E-state index >= 15 is 0 Å². The van der Waals surface area contributed by atoms with Crippen LogP contribution in [0.25, 0.3) is 0 Å². The molecular weight excluding hydrogens is 224 g/mol. The maximum Gasteiger partial charge on any atom is 0.0509 e. The molecule has 3 heteroatoms. The lowest BCUT2D eigenvalue weighted by Crippen LogP contribution is -2.46. The van der Waals surface area contributed by atoms with Crippen molar-refractivity contribution in [3.8, 4) is 0 Å². The molecule has 3 unspecified atom stereocenters. The highest BCUT2D eigenvalue weighted by atomic mass is 16.5. The predicted octanol–water partition coefficient (Wildman–Crippen LogP) is 1.88. The van der Waals surface area contributed by atoms with E-state index in [9.17, 15) is 0 Å². The largest absolute Gasteiger partial charge is 0.381 e. The van der Waals surface area contributed by atoms with Gasteiger partial charge in [-0.2, -0.15) is 0 Å². The Morgan fingerprint density at radius 2 is 2.00 bits per heavy atom. The van der Waals surface area contributed by atoms with Crippen molar-refractivity contribution in [1.29, 1.82) is 0 Å². The highest BCUT2D eigenvalue weighted by molar-refractivity contribution is 4.88. The predicted molar refractivity (Wildman–Crippen MR) is 73.7 cm³/mol. The molecular formula is C15H28N2O. The number of likely N-dealkylation sites (tertiary alicyclic amines) is 1. The van der Waals surface area contributed by atoms with Gasteiger partial charge in [-0.25, -0.2) is 0 Å². The Balaban J connectivity index is 1.46. The maximum atomic E-state index is 5.53. The molecule has 0 radical (unpaired) electrons. The molecule has 0 saturated carbocycles. The molecule has 0 aliphatic carbocycles. The van der Waals surface area contributed by atoms with E-state index in [1.165, 1.54) is 51.7 Å².